The molecule has 108 valence electrons. The number of hydrogen-bond donors (Lipinski definition) is 1. The molecule has 1 fully saturated rings. The summed E-state index contributed by atoms with van der Waals surface area (Å²) in [6.07, 6.45) is 2.62. The van der Waals surface area contributed by atoms with Gasteiger partial charge in [-0.3, -0.25) is 0 Å². The van der Waals surface area contributed by atoms with E-state index in [2.05, 4.69) is 60.8 Å². The van der Waals surface area contributed by atoms with Crippen molar-refractivity contribution in [2.45, 2.75) is 31.9 Å². The SMILES string of the molecule is Cc1cccc2c1N[C@H](c1ccccc1)[C@H]1CCCO[C@@H]21. The van der Waals surface area contributed by atoms with Crippen molar-refractivity contribution in [2.24, 2.45) is 5.92 Å². The standard InChI is InChI=1S/C19H21NO/c1-13-7-5-10-15-17(13)20-18(14-8-3-2-4-9-14)16-11-6-12-21-19(15)16/h2-5,7-10,16,18-20H,6,11-12H2,1H3/t16-,18-,19+/m1/s1. The summed E-state index contributed by atoms with van der Waals surface area (Å²) in [4.78, 5) is 0. The Hall–Kier alpha value is -1.80. The number of nitrogens with one attached hydrogen (secondary N) is 1. The lowest BCUT2D eigenvalue weighted by molar-refractivity contribution is -0.0381. The lowest BCUT2D eigenvalue weighted by Crippen LogP contribution is -2.36. The second-order valence-electron chi connectivity index (χ2n) is 6.17. The monoisotopic (exact) mass is 279 g/mol. The van der Waals surface area contributed by atoms with Crippen LogP contribution in [-0.4, -0.2) is 6.61 Å². The number of hydrogen-bond acceptors (Lipinski definition) is 2. The third kappa shape index (κ3) is 2.14. The molecule has 2 nitrogen and oxygen atoms in total. The van der Waals surface area contributed by atoms with Gasteiger partial charge >= 0.3 is 0 Å². The molecule has 0 spiro atoms. The molecule has 2 heterocycles. The van der Waals surface area contributed by atoms with Gasteiger partial charge in [0.05, 0.1) is 12.1 Å². The number of ether oxygens (including phenoxy) is 1. The Kier molecular flexibility index (Phi) is 3.19. The van der Waals surface area contributed by atoms with Crippen LogP contribution in [-0.2, 0) is 4.74 Å². The Labute approximate surface area is 126 Å². The van der Waals surface area contributed by atoms with Gasteiger partial charge in [0, 0.05) is 23.8 Å². The minimum Gasteiger partial charge on any atom is -0.377 e. The number of para-hydroxylation sites is 1. The van der Waals surface area contributed by atoms with Crippen LogP contribution >= 0.6 is 0 Å². The van der Waals surface area contributed by atoms with Crippen molar-refractivity contribution in [1.82, 2.24) is 0 Å². The molecule has 0 aromatic heterocycles. The maximum atomic E-state index is 6.18. The molecule has 2 aromatic rings. The van der Waals surface area contributed by atoms with Crippen molar-refractivity contribution in [1.29, 1.82) is 0 Å². The van der Waals surface area contributed by atoms with Gasteiger partial charge in [0.15, 0.2) is 0 Å². The fourth-order valence-electron chi connectivity index (χ4n) is 3.84. The molecule has 0 saturated carbocycles. The molecule has 0 unspecified atom stereocenters. The molecular formula is C19H21NO. The highest BCUT2D eigenvalue weighted by Crippen LogP contribution is 2.49. The maximum absolute atomic E-state index is 6.18. The predicted molar refractivity (Wildman–Crippen MR) is 85.4 cm³/mol. The summed E-state index contributed by atoms with van der Waals surface area (Å²) in [5, 5.41) is 3.80. The summed E-state index contributed by atoms with van der Waals surface area (Å²) in [5.74, 6) is 0.524. The third-order valence-electron chi connectivity index (χ3n) is 4.87. The topological polar surface area (TPSA) is 21.3 Å². The summed E-state index contributed by atoms with van der Waals surface area (Å²) in [7, 11) is 0. The summed E-state index contributed by atoms with van der Waals surface area (Å²) in [6.45, 7) is 3.06. The smallest absolute Gasteiger partial charge is 0.0895 e. The van der Waals surface area contributed by atoms with E-state index in [4.69, 9.17) is 4.74 Å². The fourth-order valence-corrected chi connectivity index (χ4v) is 3.84. The molecular weight excluding hydrogens is 258 g/mol. The van der Waals surface area contributed by atoms with Crippen molar-refractivity contribution in [3.05, 3.63) is 65.2 Å². The van der Waals surface area contributed by atoms with E-state index in [1.165, 1.54) is 28.8 Å². The van der Waals surface area contributed by atoms with Crippen molar-refractivity contribution in [3.63, 3.8) is 0 Å². The molecule has 1 N–H and O–H groups in total. The zero-order valence-electron chi connectivity index (χ0n) is 12.4. The quantitative estimate of drug-likeness (QED) is 0.821. The van der Waals surface area contributed by atoms with E-state index >= 15 is 0 Å². The van der Waals surface area contributed by atoms with Crippen molar-refractivity contribution in [2.75, 3.05) is 11.9 Å². The Morgan fingerprint density at radius 2 is 1.90 bits per heavy atom. The molecule has 2 aliphatic heterocycles. The number of rotatable bonds is 1. The highest BCUT2D eigenvalue weighted by Gasteiger charge is 2.39. The highest BCUT2D eigenvalue weighted by molar-refractivity contribution is 5.61. The Morgan fingerprint density at radius 1 is 1.05 bits per heavy atom. The molecule has 1 saturated heterocycles. The number of aryl methyl sites for hydroxylation is 1. The summed E-state index contributed by atoms with van der Waals surface area (Å²) < 4.78 is 6.18. The predicted octanol–water partition coefficient (Wildman–Crippen LogP) is 4.63. The third-order valence-corrected chi connectivity index (χ3v) is 4.87. The van der Waals surface area contributed by atoms with E-state index in [1.54, 1.807) is 0 Å². The fraction of sp³-hybridized carbons (Fsp3) is 0.368. The van der Waals surface area contributed by atoms with Gasteiger partial charge in [0.1, 0.15) is 0 Å². The first kappa shape index (κ1) is 12.9. The molecule has 2 heteroatoms. The molecule has 21 heavy (non-hydrogen) atoms. The van der Waals surface area contributed by atoms with Crippen LogP contribution in [0.5, 0.6) is 0 Å². The van der Waals surface area contributed by atoms with Crippen LogP contribution in [0, 0.1) is 12.8 Å². The average Bonchev–Trinajstić information content (AvgIpc) is 2.55. The molecule has 2 aromatic carbocycles. The summed E-state index contributed by atoms with van der Waals surface area (Å²) in [5.41, 5.74) is 5.29. The van der Waals surface area contributed by atoms with Crippen LogP contribution in [0.15, 0.2) is 48.5 Å². The molecule has 0 aliphatic carbocycles. The molecule has 3 atom stereocenters. The molecule has 0 bridgehead atoms. The summed E-state index contributed by atoms with van der Waals surface area (Å²) >= 11 is 0. The van der Waals surface area contributed by atoms with Crippen LogP contribution in [0.25, 0.3) is 0 Å². The van der Waals surface area contributed by atoms with E-state index in [0.29, 0.717) is 12.0 Å². The largest absolute Gasteiger partial charge is 0.377 e. The first-order chi connectivity index (χ1) is 10.3. The van der Waals surface area contributed by atoms with Gasteiger partial charge in [-0.25, -0.2) is 0 Å². The maximum Gasteiger partial charge on any atom is 0.0895 e. The van der Waals surface area contributed by atoms with Crippen LogP contribution in [0.1, 0.15) is 41.7 Å². The average molecular weight is 279 g/mol. The lowest BCUT2D eigenvalue weighted by Gasteiger charge is -2.44. The zero-order valence-corrected chi connectivity index (χ0v) is 12.4. The zero-order chi connectivity index (χ0) is 14.2. The highest BCUT2D eigenvalue weighted by atomic mass is 16.5. The second-order valence-corrected chi connectivity index (χ2v) is 6.17. The van der Waals surface area contributed by atoms with E-state index in [0.717, 1.165) is 13.0 Å². The van der Waals surface area contributed by atoms with E-state index in [-0.39, 0.29) is 6.10 Å². The van der Waals surface area contributed by atoms with E-state index in [9.17, 15) is 0 Å². The van der Waals surface area contributed by atoms with Crippen LogP contribution in [0.4, 0.5) is 5.69 Å². The molecule has 2 aliphatic rings. The first-order valence-corrected chi connectivity index (χ1v) is 7.87. The minimum absolute atomic E-state index is 0.236. The molecule has 0 amide bonds. The Balaban J connectivity index is 1.81. The van der Waals surface area contributed by atoms with Crippen LogP contribution in [0.3, 0.4) is 0 Å². The first-order valence-electron chi connectivity index (χ1n) is 7.87. The number of benzene rings is 2. The number of fused-ring (bicyclic) bond motifs is 3. The number of anilines is 1. The van der Waals surface area contributed by atoms with Gasteiger partial charge in [-0.2, -0.15) is 0 Å². The Morgan fingerprint density at radius 3 is 2.76 bits per heavy atom. The minimum atomic E-state index is 0.236. The van der Waals surface area contributed by atoms with E-state index in [1.807, 2.05) is 0 Å². The molecule has 0 radical (unpaired) electrons. The Bertz CT molecular complexity index is 637. The van der Waals surface area contributed by atoms with Crippen LogP contribution < -0.4 is 5.32 Å². The van der Waals surface area contributed by atoms with Crippen LogP contribution in [0.2, 0.25) is 0 Å². The van der Waals surface area contributed by atoms with Crippen molar-refractivity contribution >= 4 is 5.69 Å². The lowest BCUT2D eigenvalue weighted by atomic mass is 9.77. The van der Waals surface area contributed by atoms with Gasteiger partial charge in [-0.1, -0.05) is 48.5 Å². The van der Waals surface area contributed by atoms with Gasteiger partial charge in [-0.05, 0) is 30.9 Å². The van der Waals surface area contributed by atoms with Gasteiger partial charge in [-0.15, -0.1) is 0 Å². The van der Waals surface area contributed by atoms with Gasteiger partial charge in [0.25, 0.3) is 0 Å². The van der Waals surface area contributed by atoms with E-state index < -0.39 is 0 Å². The normalized spacial score (nSPS) is 27.4. The van der Waals surface area contributed by atoms with Gasteiger partial charge in [0.2, 0.25) is 0 Å². The van der Waals surface area contributed by atoms with Crippen molar-refractivity contribution < 1.29 is 4.74 Å². The second kappa shape index (κ2) is 5.19. The van der Waals surface area contributed by atoms with Crippen molar-refractivity contribution in [3.8, 4) is 0 Å². The molecule has 4 rings (SSSR count). The summed E-state index contributed by atoms with van der Waals surface area (Å²) in [6, 6.07) is 17.7. The van der Waals surface area contributed by atoms with Gasteiger partial charge < -0.3 is 10.1 Å².